The van der Waals surface area contributed by atoms with Crippen LogP contribution >= 0.6 is 0 Å². The van der Waals surface area contributed by atoms with Gasteiger partial charge in [-0.05, 0) is 17.9 Å². The van der Waals surface area contributed by atoms with Gasteiger partial charge in [0.25, 0.3) is 0 Å². The highest BCUT2D eigenvalue weighted by atomic mass is 16.5. The summed E-state index contributed by atoms with van der Waals surface area (Å²) in [7, 11) is 1.35. The van der Waals surface area contributed by atoms with Gasteiger partial charge >= 0.3 is 5.97 Å². The molecule has 17 heavy (non-hydrogen) atoms. The molecule has 1 fully saturated rings. The van der Waals surface area contributed by atoms with Crippen molar-refractivity contribution in [3.05, 3.63) is 35.9 Å². The molecule has 0 heterocycles. The van der Waals surface area contributed by atoms with Gasteiger partial charge in [0.15, 0.2) is 0 Å². The molecule has 0 atom stereocenters. The maximum Gasteiger partial charge on any atom is 0.302 e. The molecule has 2 heteroatoms. The van der Waals surface area contributed by atoms with Crippen LogP contribution in [0.4, 0.5) is 0 Å². The van der Waals surface area contributed by atoms with Crippen LogP contribution in [0.25, 0.3) is 0 Å². The molecule has 1 aliphatic rings. The van der Waals surface area contributed by atoms with Crippen LogP contribution in [0.5, 0.6) is 0 Å². The van der Waals surface area contributed by atoms with E-state index in [1.54, 1.807) is 0 Å². The van der Waals surface area contributed by atoms with E-state index in [0.29, 0.717) is 0 Å². The van der Waals surface area contributed by atoms with E-state index >= 15 is 0 Å². The summed E-state index contributed by atoms with van der Waals surface area (Å²) in [5, 5.41) is 0. The van der Waals surface area contributed by atoms with Crippen molar-refractivity contribution in [2.45, 2.75) is 39.0 Å². The van der Waals surface area contributed by atoms with Gasteiger partial charge in [0.05, 0.1) is 7.11 Å². The predicted octanol–water partition coefficient (Wildman–Crippen LogP) is 3.60. The maximum absolute atomic E-state index is 9.59. The lowest BCUT2D eigenvalue weighted by molar-refractivity contribution is -0.137. The van der Waals surface area contributed by atoms with Crippen LogP contribution in [-0.4, -0.2) is 13.1 Å². The number of rotatable bonds is 2. The maximum atomic E-state index is 9.59. The average Bonchev–Trinajstić information content (AvgIpc) is 2.84. The number of carbonyl (C=O) groups is 1. The van der Waals surface area contributed by atoms with E-state index in [2.05, 4.69) is 35.1 Å². The third-order valence-electron chi connectivity index (χ3n) is 3.13. The quantitative estimate of drug-likeness (QED) is 0.731. The minimum atomic E-state index is -0.245. The van der Waals surface area contributed by atoms with Crippen molar-refractivity contribution in [2.24, 2.45) is 5.92 Å². The SMILES string of the molecule is COC(C)=O.c1ccc(CC2CCCC2)cc1. The van der Waals surface area contributed by atoms with Gasteiger partial charge in [-0.2, -0.15) is 0 Å². The zero-order valence-corrected chi connectivity index (χ0v) is 10.8. The average molecular weight is 234 g/mol. The summed E-state index contributed by atoms with van der Waals surface area (Å²) in [6, 6.07) is 10.9. The summed E-state index contributed by atoms with van der Waals surface area (Å²) in [6.45, 7) is 1.36. The Labute approximate surface area is 104 Å². The molecule has 0 N–H and O–H groups in total. The van der Waals surface area contributed by atoms with Crippen molar-refractivity contribution in [3.8, 4) is 0 Å². The number of carbonyl (C=O) groups excluding carboxylic acids is 1. The summed E-state index contributed by atoms with van der Waals surface area (Å²) in [6.07, 6.45) is 7.12. The molecule has 0 aromatic heterocycles. The van der Waals surface area contributed by atoms with E-state index in [0.717, 1.165) is 5.92 Å². The molecule has 0 bridgehead atoms. The standard InChI is InChI=1S/C12H16.C3H6O2/c1-2-6-11(7-3-1)10-12-8-4-5-9-12;1-3(4)5-2/h1-3,6-7,12H,4-5,8-10H2;1-2H3. The Morgan fingerprint density at radius 2 is 1.76 bits per heavy atom. The highest BCUT2D eigenvalue weighted by Crippen LogP contribution is 2.27. The normalized spacial score (nSPS) is 14.9. The molecule has 0 saturated heterocycles. The highest BCUT2D eigenvalue weighted by molar-refractivity contribution is 5.65. The van der Waals surface area contributed by atoms with E-state index < -0.39 is 0 Å². The van der Waals surface area contributed by atoms with Gasteiger partial charge in [-0.25, -0.2) is 0 Å². The third-order valence-corrected chi connectivity index (χ3v) is 3.13. The topological polar surface area (TPSA) is 26.3 Å². The van der Waals surface area contributed by atoms with Crippen molar-refractivity contribution < 1.29 is 9.53 Å². The second-order valence-corrected chi connectivity index (χ2v) is 4.54. The molecular weight excluding hydrogens is 212 g/mol. The Morgan fingerprint density at radius 1 is 1.24 bits per heavy atom. The van der Waals surface area contributed by atoms with Gasteiger partial charge in [0, 0.05) is 6.92 Å². The zero-order valence-electron chi connectivity index (χ0n) is 10.8. The number of benzene rings is 1. The Morgan fingerprint density at radius 3 is 2.24 bits per heavy atom. The van der Waals surface area contributed by atoms with Crippen LogP contribution in [0.15, 0.2) is 30.3 Å². The third kappa shape index (κ3) is 6.10. The van der Waals surface area contributed by atoms with Crippen molar-refractivity contribution in [1.29, 1.82) is 0 Å². The molecule has 1 aliphatic carbocycles. The van der Waals surface area contributed by atoms with E-state index in [-0.39, 0.29) is 5.97 Å². The molecule has 2 nitrogen and oxygen atoms in total. The van der Waals surface area contributed by atoms with Crippen LogP contribution in [-0.2, 0) is 16.0 Å². The minimum Gasteiger partial charge on any atom is -0.469 e. The predicted molar refractivity (Wildman–Crippen MR) is 69.8 cm³/mol. The highest BCUT2D eigenvalue weighted by Gasteiger charge is 2.14. The molecule has 0 amide bonds. The Bertz CT molecular complexity index is 313. The van der Waals surface area contributed by atoms with Crippen LogP contribution in [0.3, 0.4) is 0 Å². The van der Waals surface area contributed by atoms with E-state index in [9.17, 15) is 4.79 Å². The van der Waals surface area contributed by atoms with Gasteiger partial charge < -0.3 is 4.74 Å². The van der Waals surface area contributed by atoms with E-state index in [1.165, 1.54) is 51.7 Å². The van der Waals surface area contributed by atoms with Crippen molar-refractivity contribution in [3.63, 3.8) is 0 Å². The monoisotopic (exact) mass is 234 g/mol. The Balaban J connectivity index is 0.000000249. The summed E-state index contributed by atoms with van der Waals surface area (Å²) >= 11 is 0. The van der Waals surface area contributed by atoms with Gasteiger partial charge in [-0.3, -0.25) is 4.79 Å². The van der Waals surface area contributed by atoms with Gasteiger partial charge in [0.1, 0.15) is 0 Å². The second kappa shape index (κ2) is 7.88. The smallest absolute Gasteiger partial charge is 0.302 e. The summed E-state index contributed by atoms with van der Waals surface area (Å²) in [5.41, 5.74) is 1.52. The fourth-order valence-electron chi connectivity index (χ4n) is 2.16. The van der Waals surface area contributed by atoms with Crippen molar-refractivity contribution in [1.82, 2.24) is 0 Å². The molecular formula is C15H22O2. The first-order chi connectivity index (χ1) is 8.22. The van der Waals surface area contributed by atoms with Crippen molar-refractivity contribution in [2.75, 3.05) is 7.11 Å². The second-order valence-electron chi connectivity index (χ2n) is 4.54. The fourth-order valence-corrected chi connectivity index (χ4v) is 2.16. The molecule has 0 aliphatic heterocycles. The van der Waals surface area contributed by atoms with Gasteiger partial charge in [-0.15, -0.1) is 0 Å². The largest absolute Gasteiger partial charge is 0.469 e. The Hall–Kier alpha value is -1.31. The number of ether oxygens (including phenoxy) is 1. The van der Waals surface area contributed by atoms with Crippen molar-refractivity contribution >= 4 is 5.97 Å². The molecule has 1 aromatic carbocycles. The molecule has 0 unspecified atom stereocenters. The fraction of sp³-hybridized carbons (Fsp3) is 0.533. The number of hydrogen-bond acceptors (Lipinski definition) is 2. The number of methoxy groups -OCH3 is 1. The molecule has 1 saturated carbocycles. The summed E-state index contributed by atoms with van der Waals surface area (Å²) < 4.78 is 4.11. The Kier molecular flexibility index (Phi) is 6.38. The lowest BCUT2D eigenvalue weighted by Gasteiger charge is -2.07. The first-order valence-corrected chi connectivity index (χ1v) is 6.31. The lowest BCUT2D eigenvalue weighted by atomic mass is 9.98. The minimum absolute atomic E-state index is 0.245. The number of esters is 1. The van der Waals surface area contributed by atoms with Crippen LogP contribution in [0.2, 0.25) is 0 Å². The summed E-state index contributed by atoms with van der Waals surface area (Å²) in [4.78, 5) is 9.59. The molecule has 0 spiro atoms. The van der Waals surface area contributed by atoms with E-state index in [4.69, 9.17) is 0 Å². The van der Waals surface area contributed by atoms with Crippen LogP contribution in [0, 0.1) is 5.92 Å². The van der Waals surface area contributed by atoms with Crippen LogP contribution in [0.1, 0.15) is 38.2 Å². The first kappa shape index (κ1) is 13.8. The number of hydrogen-bond donors (Lipinski definition) is 0. The first-order valence-electron chi connectivity index (χ1n) is 6.31. The molecule has 0 radical (unpaired) electrons. The molecule has 94 valence electrons. The summed E-state index contributed by atoms with van der Waals surface area (Å²) in [5.74, 6) is 0.734. The lowest BCUT2D eigenvalue weighted by Crippen LogP contribution is -1.97. The van der Waals surface area contributed by atoms with E-state index in [1.807, 2.05) is 0 Å². The van der Waals surface area contributed by atoms with Gasteiger partial charge in [-0.1, -0.05) is 56.0 Å². The molecule has 1 aromatic rings. The van der Waals surface area contributed by atoms with Gasteiger partial charge in [0.2, 0.25) is 0 Å². The zero-order chi connectivity index (χ0) is 12.5. The van der Waals surface area contributed by atoms with Crippen LogP contribution < -0.4 is 0 Å². The molecule has 2 rings (SSSR count).